The Labute approximate surface area is 163 Å². The van der Waals surface area contributed by atoms with Crippen LogP contribution in [0.25, 0.3) is 11.0 Å². The Morgan fingerprint density at radius 3 is 2.79 bits per heavy atom. The summed E-state index contributed by atoms with van der Waals surface area (Å²) >= 11 is 0. The second-order valence-electron chi connectivity index (χ2n) is 7.49. The highest BCUT2D eigenvalue weighted by atomic mass is 16.5. The third-order valence-electron chi connectivity index (χ3n) is 5.19. The quantitative estimate of drug-likeness (QED) is 0.769. The number of nitrogens with one attached hydrogen (secondary N) is 2. The minimum Gasteiger partial charge on any atom is -0.464 e. The number of ether oxygens (including phenoxy) is 1. The van der Waals surface area contributed by atoms with E-state index in [9.17, 15) is 14.4 Å². The minimum absolute atomic E-state index is 0.00484. The predicted octanol–water partition coefficient (Wildman–Crippen LogP) is 3.23. The number of carbonyl (C=O) groups excluding carboxylic acids is 3. The molecule has 1 aliphatic rings. The topological polar surface area (TPSA) is 97.6 Å². The molecule has 1 saturated carbocycles. The first-order valence-corrected chi connectivity index (χ1v) is 9.65. The zero-order valence-electron chi connectivity index (χ0n) is 16.2. The number of hydrogen-bond acceptors (Lipinski definition) is 5. The van der Waals surface area contributed by atoms with Crippen molar-refractivity contribution in [2.45, 2.75) is 52.0 Å². The maximum absolute atomic E-state index is 12.0. The summed E-state index contributed by atoms with van der Waals surface area (Å²) in [4.78, 5) is 35.8. The van der Waals surface area contributed by atoms with Gasteiger partial charge in [-0.05, 0) is 37.3 Å². The second-order valence-corrected chi connectivity index (χ2v) is 7.49. The van der Waals surface area contributed by atoms with E-state index in [0.717, 1.165) is 30.2 Å². The molecule has 0 radical (unpaired) electrons. The zero-order chi connectivity index (χ0) is 20.1. The highest BCUT2D eigenvalue weighted by Crippen LogP contribution is 2.24. The summed E-state index contributed by atoms with van der Waals surface area (Å²) in [7, 11) is 0. The zero-order valence-corrected chi connectivity index (χ0v) is 16.2. The number of esters is 1. The van der Waals surface area contributed by atoms with Gasteiger partial charge in [-0.3, -0.25) is 14.9 Å². The van der Waals surface area contributed by atoms with Crippen LogP contribution < -0.4 is 10.6 Å². The normalized spacial score (nSPS) is 19.2. The molecule has 7 heteroatoms. The monoisotopic (exact) mass is 386 g/mol. The van der Waals surface area contributed by atoms with E-state index in [4.69, 9.17) is 9.15 Å². The molecule has 7 nitrogen and oxygen atoms in total. The van der Waals surface area contributed by atoms with Gasteiger partial charge in [0.15, 0.2) is 6.61 Å². The number of aryl methyl sites for hydroxylation is 1. The highest BCUT2D eigenvalue weighted by Gasteiger charge is 2.23. The van der Waals surface area contributed by atoms with Crippen molar-refractivity contribution in [3.63, 3.8) is 0 Å². The summed E-state index contributed by atoms with van der Waals surface area (Å²) in [6, 6.07) is 5.24. The third kappa shape index (κ3) is 5.12. The van der Waals surface area contributed by atoms with Crippen molar-refractivity contribution in [3.05, 3.63) is 35.6 Å². The molecular formula is C21H26N2O5. The van der Waals surface area contributed by atoms with Gasteiger partial charge < -0.3 is 14.5 Å². The molecule has 1 aromatic carbocycles. The van der Waals surface area contributed by atoms with Crippen molar-refractivity contribution in [1.82, 2.24) is 10.6 Å². The number of benzene rings is 1. The van der Waals surface area contributed by atoms with Crippen LogP contribution in [-0.4, -0.2) is 30.6 Å². The van der Waals surface area contributed by atoms with Crippen LogP contribution in [0.3, 0.4) is 0 Å². The van der Waals surface area contributed by atoms with Crippen LogP contribution in [0.1, 0.15) is 43.7 Å². The first-order chi connectivity index (χ1) is 13.4. The van der Waals surface area contributed by atoms with E-state index < -0.39 is 24.5 Å². The van der Waals surface area contributed by atoms with Gasteiger partial charge in [0.1, 0.15) is 5.58 Å². The molecule has 0 unspecified atom stereocenters. The fourth-order valence-corrected chi connectivity index (χ4v) is 3.58. The average molecular weight is 386 g/mol. The SMILES string of the molecule is Cc1ccc2c(CC(=O)OCC(=O)NC(=O)N[C@H]3CCCC[C@@H]3C)coc2c1. The second kappa shape index (κ2) is 8.91. The van der Waals surface area contributed by atoms with Gasteiger partial charge in [-0.2, -0.15) is 0 Å². The van der Waals surface area contributed by atoms with Crippen LogP contribution in [-0.2, 0) is 20.7 Å². The lowest BCUT2D eigenvalue weighted by Gasteiger charge is -2.29. The minimum atomic E-state index is -0.651. The molecule has 1 aromatic heterocycles. The lowest BCUT2D eigenvalue weighted by atomic mass is 9.86. The molecular weight excluding hydrogens is 360 g/mol. The maximum Gasteiger partial charge on any atom is 0.321 e. The van der Waals surface area contributed by atoms with Crippen LogP contribution >= 0.6 is 0 Å². The number of amides is 3. The molecule has 1 heterocycles. The van der Waals surface area contributed by atoms with Gasteiger partial charge in [-0.25, -0.2) is 4.79 Å². The predicted molar refractivity (Wildman–Crippen MR) is 104 cm³/mol. The molecule has 1 aliphatic carbocycles. The van der Waals surface area contributed by atoms with Gasteiger partial charge >= 0.3 is 12.0 Å². The number of hydrogen-bond donors (Lipinski definition) is 2. The van der Waals surface area contributed by atoms with Gasteiger partial charge in [0.2, 0.25) is 0 Å². The number of carbonyl (C=O) groups is 3. The maximum atomic E-state index is 12.0. The fourth-order valence-electron chi connectivity index (χ4n) is 3.58. The third-order valence-corrected chi connectivity index (χ3v) is 5.19. The van der Waals surface area contributed by atoms with E-state index in [1.807, 2.05) is 25.1 Å². The number of fused-ring (bicyclic) bond motifs is 1. The Kier molecular flexibility index (Phi) is 6.34. The van der Waals surface area contributed by atoms with Crippen LogP contribution in [0.15, 0.2) is 28.9 Å². The molecule has 3 amide bonds. The Bertz CT molecular complexity index is 873. The van der Waals surface area contributed by atoms with Crippen molar-refractivity contribution in [2.75, 3.05) is 6.61 Å². The number of furan rings is 1. The molecule has 3 rings (SSSR count). The van der Waals surface area contributed by atoms with Crippen molar-refractivity contribution < 1.29 is 23.5 Å². The Morgan fingerprint density at radius 2 is 2.00 bits per heavy atom. The smallest absolute Gasteiger partial charge is 0.321 e. The van der Waals surface area contributed by atoms with Crippen molar-refractivity contribution >= 4 is 28.9 Å². The van der Waals surface area contributed by atoms with Crippen LogP contribution in [0, 0.1) is 12.8 Å². The Balaban J connectivity index is 1.43. The lowest BCUT2D eigenvalue weighted by molar-refractivity contribution is -0.147. The van der Waals surface area contributed by atoms with Gasteiger partial charge in [0.25, 0.3) is 5.91 Å². The lowest BCUT2D eigenvalue weighted by Crippen LogP contribution is -2.48. The number of rotatable bonds is 5. The van der Waals surface area contributed by atoms with E-state index in [1.165, 1.54) is 12.7 Å². The summed E-state index contributed by atoms with van der Waals surface area (Å²) in [6.45, 7) is 3.55. The van der Waals surface area contributed by atoms with Gasteiger partial charge in [-0.15, -0.1) is 0 Å². The first-order valence-electron chi connectivity index (χ1n) is 9.65. The molecule has 150 valence electrons. The van der Waals surface area contributed by atoms with Crippen LogP contribution in [0.5, 0.6) is 0 Å². The Hall–Kier alpha value is -2.83. The summed E-state index contributed by atoms with van der Waals surface area (Å²) in [5, 5.41) is 5.88. The van der Waals surface area contributed by atoms with E-state index in [1.54, 1.807) is 0 Å². The summed E-state index contributed by atoms with van der Waals surface area (Å²) in [5.41, 5.74) is 2.46. The molecule has 2 aromatic rings. The standard InChI is InChI=1S/C21H26N2O5/c1-13-7-8-16-15(11-27-18(16)9-13)10-20(25)28-12-19(24)23-21(26)22-17-6-4-3-5-14(17)2/h7-9,11,14,17H,3-6,10,12H2,1-2H3,(H2,22,23,24,26)/t14-,17-/m0/s1. The number of urea groups is 1. The summed E-state index contributed by atoms with van der Waals surface area (Å²) in [6.07, 6.45) is 5.73. The first kappa shape index (κ1) is 19.9. The van der Waals surface area contributed by atoms with E-state index in [2.05, 4.69) is 17.6 Å². The van der Waals surface area contributed by atoms with Gasteiger partial charge in [0.05, 0.1) is 12.7 Å². The average Bonchev–Trinajstić information content (AvgIpc) is 3.03. The number of imide groups is 1. The molecule has 0 spiro atoms. The van der Waals surface area contributed by atoms with E-state index in [0.29, 0.717) is 17.1 Å². The van der Waals surface area contributed by atoms with Gasteiger partial charge in [0, 0.05) is 17.0 Å². The van der Waals surface area contributed by atoms with Crippen LogP contribution in [0.4, 0.5) is 4.79 Å². The molecule has 0 aliphatic heterocycles. The molecule has 0 bridgehead atoms. The van der Waals surface area contributed by atoms with Crippen LogP contribution in [0.2, 0.25) is 0 Å². The summed E-state index contributed by atoms with van der Waals surface area (Å²) < 4.78 is 10.4. The highest BCUT2D eigenvalue weighted by molar-refractivity contribution is 5.96. The fraction of sp³-hybridized carbons (Fsp3) is 0.476. The van der Waals surface area contributed by atoms with Crippen molar-refractivity contribution in [1.29, 1.82) is 0 Å². The largest absolute Gasteiger partial charge is 0.464 e. The Morgan fingerprint density at radius 1 is 1.21 bits per heavy atom. The van der Waals surface area contributed by atoms with Gasteiger partial charge in [-0.1, -0.05) is 31.9 Å². The summed E-state index contributed by atoms with van der Waals surface area (Å²) in [5.74, 6) is -0.817. The molecule has 2 N–H and O–H groups in total. The molecule has 28 heavy (non-hydrogen) atoms. The van der Waals surface area contributed by atoms with E-state index >= 15 is 0 Å². The molecule has 0 saturated heterocycles. The van der Waals surface area contributed by atoms with Crippen molar-refractivity contribution in [3.8, 4) is 0 Å². The van der Waals surface area contributed by atoms with E-state index in [-0.39, 0.29) is 12.5 Å². The van der Waals surface area contributed by atoms with Crippen molar-refractivity contribution in [2.24, 2.45) is 5.92 Å². The molecule has 1 fully saturated rings. The molecule has 2 atom stereocenters.